The first-order valence-electron chi connectivity index (χ1n) is 12.9. The molecule has 5 atom stereocenters. The molecular formula is C25H48O8. The van der Waals surface area contributed by atoms with Crippen LogP contribution in [0.2, 0.25) is 0 Å². The van der Waals surface area contributed by atoms with Crippen LogP contribution in [0.3, 0.4) is 0 Å². The number of Topliss-reactive ketones (excluding diaryl/α,β-unsaturated/α-hetero) is 1. The lowest BCUT2D eigenvalue weighted by atomic mass is 9.98. The minimum Gasteiger partial charge on any atom is -0.388 e. The standard InChI is InChI=1S/C25H48O8/c1-5-9-13-28-19-21-22(29-14-10-6-2)23(30-15-11-7-3)24(31-16-12-8-4)25(33-21)32-18-20(27)17-26/h21-26H,5-19H2,1-4H3. The Hall–Kier alpha value is -0.610. The van der Waals surface area contributed by atoms with Gasteiger partial charge in [-0.3, -0.25) is 4.79 Å². The number of rotatable bonds is 21. The molecule has 33 heavy (non-hydrogen) atoms. The van der Waals surface area contributed by atoms with Gasteiger partial charge in [0.15, 0.2) is 12.1 Å². The predicted octanol–water partition coefficient (Wildman–Crippen LogP) is 3.66. The third kappa shape index (κ3) is 12.1. The minimum atomic E-state index is -0.810. The zero-order chi connectivity index (χ0) is 24.3. The van der Waals surface area contributed by atoms with Gasteiger partial charge in [-0.05, 0) is 25.7 Å². The summed E-state index contributed by atoms with van der Waals surface area (Å²) in [6.45, 7) is 10.3. The highest BCUT2D eigenvalue weighted by molar-refractivity contribution is 5.80. The molecule has 0 bridgehead atoms. The van der Waals surface area contributed by atoms with E-state index in [9.17, 15) is 4.79 Å². The zero-order valence-corrected chi connectivity index (χ0v) is 21.3. The number of hydrogen-bond acceptors (Lipinski definition) is 8. The van der Waals surface area contributed by atoms with Crippen LogP contribution in [0.25, 0.3) is 0 Å². The molecule has 0 saturated carbocycles. The van der Waals surface area contributed by atoms with Crippen molar-refractivity contribution in [2.75, 3.05) is 46.2 Å². The summed E-state index contributed by atoms with van der Waals surface area (Å²) >= 11 is 0. The first-order chi connectivity index (χ1) is 16.1. The van der Waals surface area contributed by atoms with Gasteiger partial charge in [-0.25, -0.2) is 0 Å². The number of aliphatic hydroxyl groups excluding tert-OH is 1. The van der Waals surface area contributed by atoms with Crippen molar-refractivity contribution in [3.63, 3.8) is 0 Å². The number of hydrogen-bond donors (Lipinski definition) is 1. The lowest BCUT2D eigenvalue weighted by molar-refractivity contribution is -0.322. The largest absolute Gasteiger partial charge is 0.388 e. The van der Waals surface area contributed by atoms with Crippen LogP contribution in [0.1, 0.15) is 79.1 Å². The van der Waals surface area contributed by atoms with E-state index in [2.05, 4.69) is 27.7 Å². The molecule has 1 fully saturated rings. The summed E-state index contributed by atoms with van der Waals surface area (Å²) in [5, 5.41) is 9.11. The Kier molecular flexibility index (Phi) is 18.1. The number of carbonyl (C=O) groups excluding carboxylic acids is 1. The molecule has 0 amide bonds. The van der Waals surface area contributed by atoms with Crippen LogP contribution >= 0.6 is 0 Å². The van der Waals surface area contributed by atoms with Crippen LogP contribution in [0.15, 0.2) is 0 Å². The van der Waals surface area contributed by atoms with Crippen molar-refractivity contribution in [2.45, 2.75) is 110 Å². The van der Waals surface area contributed by atoms with Crippen LogP contribution in [-0.4, -0.2) is 87.8 Å². The van der Waals surface area contributed by atoms with Crippen molar-refractivity contribution in [1.82, 2.24) is 0 Å². The second-order valence-corrected chi connectivity index (χ2v) is 8.55. The molecule has 0 radical (unpaired) electrons. The van der Waals surface area contributed by atoms with E-state index < -0.39 is 37.0 Å². The summed E-state index contributed by atoms with van der Waals surface area (Å²) in [5.41, 5.74) is 0. The van der Waals surface area contributed by atoms with Gasteiger partial charge in [0.1, 0.15) is 37.6 Å². The number of aliphatic hydroxyl groups is 1. The van der Waals surface area contributed by atoms with E-state index in [0.29, 0.717) is 33.0 Å². The predicted molar refractivity (Wildman–Crippen MR) is 126 cm³/mol. The molecule has 1 aliphatic heterocycles. The van der Waals surface area contributed by atoms with E-state index in [4.69, 9.17) is 33.5 Å². The molecule has 5 unspecified atom stereocenters. The Labute approximate surface area is 200 Å². The zero-order valence-electron chi connectivity index (χ0n) is 21.3. The van der Waals surface area contributed by atoms with Gasteiger partial charge in [0.2, 0.25) is 0 Å². The molecule has 8 nitrogen and oxygen atoms in total. The lowest BCUT2D eigenvalue weighted by Crippen LogP contribution is -2.62. The summed E-state index contributed by atoms with van der Waals surface area (Å²) in [6, 6.07) is 0. The molecule has 1 aliphatic rings. The van der Waals surface area contributed by atoms with E-state index in [1.165, 1.54) is 0 Å². The normalized spacial score (nSPS) is 25.4. The fraction of sp³-hybridized carbons (Fsp3) is 0.960. The van der Waals surface area contributed by atoms with Crippen LogP contribution in [0, 0.1) is 0 Å². The van der Waals surface area contributed by atoms with Crippen LogP contribution in [0.5, 0.6) is 0 Å². The monoisotopic (exact) mass is 476 g/mol. The minimum absolute atomic E-state index is 0.249. The van der Waals surface area contributed by atoms with Gasteiger partial charge in [-0.15, -0.1) is 0 Å². The Morgan fingerprint density at radius 2 is 1.24 bits per heavy atom. The summed E-state index contributed by atoms with van der Waals surface area (Å²) in [6.07, 6.45) is 5.27. The average Bonchev–Trinajstić information content (AvgIpc) is 2.82. The summed E-state index contributed by atoms with van der Waals surface area (Å²) in [7, 11) is 0. The van der Waals surface area contributed by atoms with Gasteiger partial charge >= 0.3 is 0 Å². The second kappa shape index (κ2) is 19.7. The average molecular weight is 477 g/mol. The Bertz CT molecular complexity index is 475. The van der Waals surface area contributed by atoms with E-state index >= 15 is 0 Å². The van der Waals surface area contributed by atoms with Gasteiger partial charge in [0.05, 0.1) is 6.61 Å². The highest BCUT2D eigenvalue weighted by Gasteiger charge is 2.49. The van der Waals surface area contributed by atoms with Gasteiger partial charge < -0.3 is 33.5 Å². The molecule has 0 aromatic carbocycles. The van der Waals surface area contributed by atoms with Crippen molar-refractivity contribution in [2.24, 2.45) is 0 Å². The van der Waals surface area contributed by atoms with Crippen LogP contribution < -0.4 is 0 Å². The van der Waals surface area contributed by atoms with Crippen molar-refractivity contribution in [3.8, 4) is 0 Å². The number of unbranched alkanes of at least 4 members (excludes halogenated alkanes) is 4. The van der Waals surface area contributed by atoms with Gasteiger partial charge in [-0.1, -0.05) is 53.4 Å². The van der Waals surface area contributed by atoms with Crippen LogP contribution in [0.4, 0.5) is 0 Å². The quantitative estimate of drug-likeness (QED) is 0.251. The third-order valence-electron chi connectivity index (χ3n) is 5.53. The molecule has 0 aromatic rings. The first kappa shape index (κ1) is 30.4. The molecule has 1 saturated heterocycles. The Morgan fingerprint density at radius 1 is 0.727 bits per heavy atom. The van der Waals surface area contributed by atoms with Crippen molar-refractivity contribution in [1.29, 1.82) is 0 Å². The second-order valence-electron chi connectivity index (χ2n) is 8.55. The molecule has 0 spiro atoms. The maximum absolute atomic E-state index is 11.7. The fourth-order valence-electron chi connectivity index (χ4n) is 3.47. The van der Waals surface area contributed by atoms with Crippen LogP contribution in [-0.2, 0) is 33.2 Å². The smallest absolute Gasteiger partial charge is 0.187 e. The van der Waals surface area contributed by atoms with Gasteiger partial charge in [0, 0.05) is 26.4 Å². The Morgan fingerprint density at radius 3 is 1.79 bits per heavy atom. The molecule has 0 aliphatic carbocycles. The van der Waals surface area contributed by atoms with Crippen molar-refractivity contribution < 1.29 is 38.3 Å². The maximum Gasteiger partial charge on any atom is 0.187 e. The molecular weight excluding hydrogens is 428 g/mol. The van der Waals surface area contributed by atoms with E-state index in [-0.39, 0.29) is 12.7 Å². The summed E-state index contributed by atoms with van der Waals surface area (Å²) in [4.78, 5) is 11.7. The molecule has 196 valence electrons. The number of carbonyl (C=O) groups is 1. The fourth-order valence-corrected chi connectivity index (χ4v) is 3.47. The SMILES string of the molecule is CCCCOCC1OC(OCC(=O)CO)C(OCCCC)C(OCCCC)C1OCCCC. The Balaban J connectivity index is 3.09. The maximum atomic E-state index is 11.7. The van der Waals surface area contributed by atoms with E-state index in [1.807, 2.05) is 0 Å². The first-order valence-corrected chi connectivity index (χ1v) is 12.9. The van der Waals surface area contributed by atoms with Gasteiger partial charge in [-0.2, -0.15) is 0 Å². The topological polar surface area (TPSA) is 92.7 Å². The number of ether oxygens (including phenoxy) is 6. The highest BCUT2D eigenvalue weighted by atomic mass is 16.7. The molecule has 1 heterocycles. The van der Waals surface area contributed by atoms with E-state index in [0.717, 1.165) is 51.4 Å². The van der Waals surface area contributed by atoms with E-state index in [1.54, 1.807) is 0 Å². The summed E-state index contributed by atoms with van der Waals surface area (Å²) in [5.74, 6) is -0.411. The molecule has 1 N–H and O–H groups in total. The number of ketones is 1. The molecule has 0 aromatic heterocycles. The van der Waals surface area contributed by atoms with Gasteiger partial charge in [0.25, 0.3) is 0 Å². The highest BCUT2D eigenvalue weighted by Crippen LogP contribution is 2.30. The molecule has 1 rings (SSSR count). The summed E-state index contributed by atoms with van der Waals surface area (Å²) < 4.78 is 36.8. The third-order valence-corrected chi connectivity index (χ3v) is 5.53. The van der Waals surface area contributed by atoms with Crippen molar-refractivity contribution in [3.05, 3.63) is 0 Å². The molecule has 8 heteroatoms. The lowest BCUT2D eigenvalue weighted by Gasteiger charge is -2.45. The van der Waals surface area contributed by atoms with Crippen molar-refractivity contribution >= 4 is 5.78 Å².